The third-order valence-corrected chi connectivity index (χ3v) is 3.67. The van der Waals surface area contributed by atoms with Gasteiger partial charge in [-0.2, -0.15) is 4.98 Å². The van der Waals surface area contributed by atoms with E-state index >= 15 is 0 Å². The van der Waals surface area contributed by atoms with E-state index in [0.717, 1.165) is 44.3 Å². The Morgan fingerprint density at radius 3 is 2.94 bits per heavy atom. The number of rotatable bonds is 5. The van der Waals surface area contributed by atoms with Crippen molar-refractivity contribution in [1.82, 2.24) is 20.4 Å². The molecular formula is C13H24N4O. The van der Waals surface area contributed by atoms with Gasteiger partial charge in [-0.25, -0.2) is 0 Å². The lowest BCUT2D eigenvalue weighted by Crippen LogP contribution is -2.48. The normalized spacial score (nSPS) is 25.5. The highest BCUT2D eigenvalue weighted by molar-refractivity contribution is 4.86. The highest BCUT2D eigenvalue weighted by Gasteiger charge is 2.25. The van der Waals surface area contributed by atoms with Crippen LogP contribution in [0.15, 0.2) is 4.52 Å². The summed E-state index contributed by atoms with van der Waals surface area (Å²) in [6.07, 6.45) is 2.09. The minimum atomic E-state index is 0.678. The lowest BCUT2D eigenvalue weighted by Gasteiger charge is -2.37. The first-order chi connectivity index (χ1) is 8.69. The van der Waals surface area contributed by atoms with E-state index in [9.17, 15) is 0 Å². The molecule has 1 aliphatic rings. The highest BCUT2D eigenvalue weighted by Crippen LogP contribution is 2.16. The van der Waals surface area contributed by atoms with Gasteiger partial charge in [-0.1, -0.05) is 19.0 Å². The summed E-state index contributed by atoms with van der Waals surface area (Å²) in [5, 5.41) is 7.38. The molecule has 0 saturated carbocycles. The second kappa shape index (κ2) is 6.29. The van der Waals surface area contributed by atoms with Crippen molar-refractivity contribution in [3.05, 3.63) is 11.7 Å². The molecule has 1 aliphatic heterocycles. The number of aromatic nitrogens is 2. The van der Waals surface area contributed by atoms with Crippen molar-refractivity contribution in [3.8, 4) is 0 Å². The largest absolute Gasteiger partial charge is 0.339 e. The van der Waals surface area contributed by atoms with Crippen molar-refractivity contribution < 1.29 is 4.52 Å². The van der Waals surface area contributed by atoms with Gasteiger partial charge in [0.1, 0.15) is 0 Å². The van der Waals surface area contributed by atoms with Gasteiger partial charge >= 0.3 is 0 Å². The Kier molecular flexibility index (Phi) is 4.72. The van der Waals surface area contributed by atoms with Gasteiger partial charge in [-0.05, 0) is 32.4 Å². The van der Waals surface area contributed by atoms with Crippen molar-refractivity contribution in [2.24, 2.45) is 5.92 Å². The van der Waals surface area contributed by atoms with Crippen LogP contribution in [-0.4, -0.2) is 47.3 Å². The van der Waals surface area contributed by atoms with E-state index in [4.69, 9.17) is 4.52 Å². The molecule has 1 saturated heterocycles. The molecule has 5 heteroatoms. The molecule has 0 aromatic carbocycles. The van der Waals surface area contributed by atoms with Gasteiger partial charge in [-0.15, -0.1) is 0 Å². The lowest BCUT2D eigenvalue weighted by molar-refractivity contribution is 0.146. The first-order valence-electron chi connectivity index (χ1n) is 6.94. The smallest absolute Gasteiger partial charge is 0.227 e. The van der Waals surface area contributed by atoms with E-state index in [2.05, 4.69) is 34.2 Å². The summed E-state index contributed by atoms with van der Waals surface area (Å²) < 4.78 is 5.14. The molecule has 1 N–H and O–H groups in total. The molecule has 1 aromatic heterocycles. The van der Waals surface area contributed by atoms with Crippen LogP contribution >= 0.6 is 0 Å². The summed E-state index contributed by atoms with van der Waals surface area (Å²) in [6, 6.07) is 0.678. The van der Waals surface area contributed by atoms with Gasteiger partial charge in [0.05, 0.1) is 0 Å². The molecule has 18 heavy (non-hydrogen) atoms. The summed E-state index contributed by atoms with van der Waals surface area (Å²) in [5.74, 6) is 2.20. The fourth-order valence-corrected chi connectivity index (χ4v) is 2.70. The van der Waals surface area contributed by atoms with Gasteiger partial charge in [-0.3, -0.25) is 0 Å². The summed E-state index contributed by atoms with van der Waals surface area (Å²) in [5.41, 5.74) is 0. The molecular weight excluding hydrogens is 228 g/mol. The van der Waals surface area contributed by atoms with Crippen LogP contribution in [0.3, 0.4) is 0 Å². The molecule has 2 rings (SSSR count). The second-order valence-corrected chi connectivity index (χ2v) is 5.22. The highest BCUT2D eigenvalue weighted by atomic mass is 16.5. The number of nitrogens with one attached hydrogen (secondary N) is 1. The van der Waals surface area contributed by atoms with Gasteiger partial charge in [0.2, 0.25) is 5.89 Å². The van der Waals surface area contributed by atoms with Crippen LogP contribution in [0.25, 0.3) is 0 Å². The molecule has 1 fully saturated rings. The van der Waals surface area contributed by atoms with Crippen molar-refractivity contribution >= 4 is 0 Å². The Morgan fingerprint density at radius 2 is 2.33 bits per heavy atom. The number of hydrogen-bond acceptors (Lipinski definition) is 5. The summed E-state index contributed by atoms with van der Waals surface area (Å²) in [4.78, 5) is 6.74. The Morgan fingerprint density at radius 1 is 1.50 bits per heavy atom. The van der Waals surface area contributed by atoms with Crippen molar-refractivity contribution in [3.63, 3.8) is 0 Å². The van der Waals surface area contributed by atoms with E-state index in [1.54, 1.807) is 0 Å². The van der Waals surface area contributed by atoms with Gasteiger partial charge in [0.25, 0.3) is 0 Å². The van der Waals surface area contributed by atoms with Gasteiger partial charge in [0.15, 0.2) is 5.82 Å². The summed E-state index contributed by atoms with van der Waals surface area (Å²) >= 11 is 0. The van der Waals surface area contributed by atoms with Crippen LogP contribution in [0.4, 0.5) is 0 Å². The van der Waals surface area contributed by atoms with E-state index < -0.39 is 0 Å². The first-order valence-corrected chi connectivity index (χ1v) is 6.94. The molecule has 5 nitrogen and oxygen atoms in total. The van der Waals surface area contributed by atoms with Gasteiger partial charge < -0.3 is 14.7 Å². The zero-order valence-electron chi connectivity index (χ0n) is 11.6. The average molecular weight is 252 g/mol. The quantitative estimate of drug-likeness (QED) is 0.854. The van der Waals surface area contributed by atoms with Crippen LogP contribution in [-0.2, 0) is 6.42 Å². The maximum Gasteiger partial charge on any atom is 0.227 e. The standard InChI is InChI=1S/C13H24N4O/c1-4-14-12-5-7-17(9-10(12)2)8-6-13-15-11(3)16-18-13/h10,12,14H,4-9H2,1-3H3. The molecule has 2 unspecified atom stereocenters. The van der Waals surface area contributed by atoms with Crippen LogP contribution in [0.5, 0.6) is 0 Å². The zero-order chi connectivity index (χ0) is 13.0. The van der Waals surface area contributed by atoms with Gasteiger partial charge in [0, 0.05) is 25.6 Å². The molecule has 0 spiro atoms. The van der Waals surface area contributed by atoms with E-state index in [1.165, 1.54) is 6.42 Å². The molecule has 0 amide bonds. The third kappa shape index (κ3) is 3.53. The molecule has 2 heterocycles. The topological polar surface area (TPSA) is 54.2 Å². The molecule has 102 valence electrons. The summed E-state index contributed by atoms with van der Waals surface area (Å²) in [6.45, 7) is 10.8. The Hall–Kier alpha value is -0.940. The van der Waals surface area contributed by atoms with Crippen molar-refractivity contribution in [2.75, 3.05) is 26.2 Å². The maximum atomic E-state index is 5.14. The van der Waals surface area contributed by atoms with E-state index in [1.807, 2.05) is 6.92 Å². The Bertz CT molecular complexity index is 366. The predicted octanol–water partition coefficient (Wildman–Crippen LogP) is 1.24. The number of piperidine rings is 1. The molecule has 0 bridgehead atoms. The molecule has 0 aliphatic carbocycles. The second-order valence-electron chi connectivity index (χ2n) is 5.22. The SMILES string of the molecule is CCNC1CCN(CCc2nc(C)no2)CC1C. The monoisotopic (exact) mass is 252 g/mol. The molecule has 2 atom stereocenters. The summed E-state index contributed by atoms with van der Waals surface area (Å²) in [7, 11) is 0. The number of hydrogen-bond donors (Lipinski definition) is 1. The number of likely N-dealkylation sites (tertiary alicyclic amines) is 1. The van der Waals surface area contributed by atoms with Crippen LogP contribution in [0, 0.1) is 12.8 Å². The van der Waals surface area contributed by atoms with Crippen LogP contribution in [0.2, 0.25) is 0 Å². The molecule has 0 radical (unpaired) electrons. The van der Waals surface area contributed by atoms with Crippen LogP contribution in [0.1, 0.15) is 32.0 Å². The minimum absolute atomic E-state index is 0.678. The fourth-order valence-electron chi connectivity index (χ4n) is 2.70. The van der Waals surface area contributed by atoms with Crippen molar-refractivity contribution in [2.45, 2.75) is 39.7 Å². The Labute approximate surface area is 109 Å². The van der Waals surface area contributed by atoms with Crippen LogP contribution < -0.4 is 5.32 Å². The fraction of sp³-hybridized carbons (Fsp3) is 0.846. The predicted molar refractivity (Wildman–Crippen MR) is 70.4 cm³/mol. The van der Waals surface area contributed by atoms with E-state index in [-0.39, 0.29) is 0 Å². The first kappa shape index (κ1) is 13.5. The van der Waals surface area contributed by atoms with E-state index in [0.29, 0.717) is 12.0 Å². The Balaban J connectivity index is 1.75. The number of nitrogens with zero attached hydrogens (tertiary/aromatic N) is 3. The lowest BCUT2D eigenvalue weighted by atomic mass is 9.94. The third-order valence-electron chi connectivity index (χ3n) is 3.67. The zero-order valence-corrected chi connectivity index (χ0v) is 11.6. The van der Waals surface area contributed by atoms with Crippen molar-refractivity contribution in [1.29, 1.82) is 0 Å². The minimum Gasteiger partial charge on any atom is -0.339 e. The number of aryl methyl sites for hydroxylation is 1. The molecule has 1 aromatic rings. The maximum absolute atomic E-state index is 5.14. The average Bonchev–Trinajstić information content (AvgIpc) is 2.76.